The molecule has 104 valence electrons. The summed E-state index contributed by atoms with van der Waals surface area (Å²) >= 11 is 11.9. The summed E-state index contributed by atoms with van der Waals surface area (Å²) in [7, 11) is 0. The lowest BCUT2D eigenvalue weighted by atomic mass is 10.1. The standard InChI is InChI=1S/C15H19Cl2NO/c1-11-6-7-13(14(17)10-11)15(19)18-9-3-5-12(18)4-2-8-16/h6-7,10,12H,2-5,8-9H2,1H3. The average molecular weight is 300 g/mol. The minimum atomic E-state index is 0.0575. The Morgan fingerprint density at radius 2 is 2.26 bits per heavy atom. The molecule has 4 heteroatoms. The van der Waals surface area contributed by atoms with Gasteiger partial charge in [0.1, 0.15) is 0 Å². The van der Waals surface area contributed by atoms with Crippen LogP contribution in [0.3, 0.4) is 0 Å². The first kappa shape index (κ1) is 14.7. The van der Waals surface area contributed by atoms with Gasteiger partial charge in [-0.2, -0.15) is 0 Å². The fraction of sp³-hybridized carbons (Fsp3) is 0.533. The van der Waals surface area contributed by atoms with Crippen molar-refractivity contribution in [1.29, 1.82) is 0 Å². The van der Waals surface area contributed by atoms with E-state index >= 15 is 0 Å². The van der Waals surface area contributed by atoms with Gasteiger partial charge in [-0.25, -0.2) is 0 Å². The molecule has 0 aromatic heterocycles. The molecule has 2 rings (SSSR count). The SMILES string of the molecule is Cc1ccc(C(=O)N2CCCC2CCCCl)c(Cl)c1. The second kappa shape index (κ2) is 6.62. The molecule has 0 saturated carbocycles. The van der Waals surface area contributed by atoms with E-state index in [1.54, 1.807) is 0 Å². The molecule has 2 nitrogen and oxygen atoms in total. The molecule has 0 N–H and O–H groups in total. The number of amides is 1. The number of benzene rings is 1. The molecule has 0 radical (unpaired) electrons. The summed E-state index contributed by atoms with van der Waals surface area (Å²) in [6.45, 7) is 2.80. The predicted octanol–water partition coefficient (Wildman–Crippen LogP) is 4.27. The first-order valence-electron chi connectivity index (χ1n) is 6.76. The van der Waals surface area contributed by atoms with Crippen LogP contribution in [0.2, 0.25) is 5.02 Å². The summed E-state index contributed by atoms with van der Waals surface area (Å²) in [5.41, 5.74) is 1.69. The van der Waals surface area contributed by atoms with Crippen molar-refractivity contribution in [2.75, 3.05) is 12.4 Å². The van der Waals surface area contributed by atoms with E-state index in [1.807, 2.05) is 30.0 Å². The van der Waals surface area contributed by atoms with Crippen LogP contribution >= 0.6 is 23.2 Å². The molecule has 1 fully saturated rings. The minimum Gasteiger partial charge on any atom is -0.336 e. The zero-order valence-electron chi connectivity index (χ0n) is 11.2. The van der Waals surface area contributed by atoms with Gasteiger partial charge >= 0.3 is 0 Å². The highest BCUT2D eigenvalue weighted by atomic mass is 35.5. The monoisotopic (exact) mass is 299 g/mol. The topological polar surface area (TPSA) is 20.3 Å². The van der Waals surface area contributed by atoms with Gasteiger partial charge in [-0.1, -0.05) is 17.7 Å². The van der Waals surface area contributed by atoms with Crippen molar-refractivity contribution in [2.24, 2.45) is 0 Å². The van der Waals surface area contributed by atoms with Crippen molar-refractivity contribution < 1.29 is 4.79 Å². The molecule has 1 atom stereocenters. The molecule has 19 heavy (non-hydrogen) atoms. The Labute approximate surface area is 124 Å². The number of carbonyl (C=O) groups excluding carboxylic acids is 1. The van der Waals surface area contributed by atoms with Gasteiger partial charge in [0.15, 0.2) is 0 Å². The van der Waals surface area contributed by atoms with Crippen LogP contribution < -0.4 is 0 Å². The Kier molecular flexibility index (Phi) is 5.12. The number of aryl methyl sites for hydroxylation is 1. The number of hydrogen-bond acceptors (Lipinski definition) is 1. The molecule has 1 saturated heterocycles. The zero-order valence-corrected chi connectivity index (χ0v) is 12.7. The largest absolute Gasteiger partial charge is 0.336 e. The van der Waals surface area contributed by atoms with Crippen LogP contribution in [-0.4, -0.2) is 29.3 Å². The highest BCUT2D eigenvalue weighted by Crippen LogP contribution is 2.26. The van der Waals surface area contributed by atoms with Gasteiger partial charge in [0.2, 0.25) is 0 Å². The summed E-state index contributed by atoms with van der Waals surface area (Å²) in [5, 5.41) is 0.549. The van der Waals surface area contributed by atoms with Crippen molar-refractivity contribution in [2.45, 2.75) is 38.6 Å². The maximum Gasteiger partial charge on any atom is 0.255 e. The Morgan fingerprint density at radius 1 is 1.47 bits per heavy atom. The predicted molar refractivity (Wildman–Crippen MR) is 80.2 cm³/mol. The quantitative estimate of drug-likeness (QED) is 0.760. The van der Waals surface area contributed by atoms with Crippen LogP contribution in [0.4, 0.5) is 0 Å². The molecule has 0 spiro atoms. The van der Waals surface area contributed by atoms with Crippen molar-refractivity contribution in [1.82, 2.24) is 4.90 Å². The Balaban J connectivity index is 2.13. The molecular weight excluding hydrogens is 281 g/mol. The molecule has 1 aliphatic rings. The fourth-order valence-electron chi connectivity index (χ4n) is 2.66. The lowest BCUT2D eigenvalue weighted by Gasteiger charge is -2.25. The van der Waals surface area contributed by atoms with Crippen LogP contribution in [0.25, 0.3) is 0 Å². The first-order valence-corrected chi connectivity index (χ1v) is 7.68. The molecule has 1 aromatic rings. The van der Waals surface area contributed by atoms with Gasteiger partial charge in [0, 0.05) is 18.5 Å². The van der Waals surface area contributed by atoms with E-state index in [2.05, 4.69) is 0 Å². The third kappa shape index (κ3) is 3.43. The second-order valence-electron chi connectivity index (χ2n) is 5.11. The van der Waals surface area contributed by atoms with Gasteiger partial charge in [0.05, 0.1) is 10.6 Å². The van der Waals surface area contributed by atoms with Crippen molar-refractivity contribution in [3.63, 3.8) is 0 Å². The maximum atomic E-state index is 12.6. The van der Waals surface area contributed by atoms with E-state index in [-0.39, 0.29) is 5.91 Å². The molecule has 0 bridgehead atoms. The molecular formula is C15H19Cl2NO. The van der Waals surface area contributed by atoms with E-state index in [1.165, 1.54) is 0 Å². The summed E-state index contributed by atoms with van der Waals surface area (Å²) in [5.74, 6) is 0.714. The third-order valence-corrected chi connectivity index (χ3v) is 4.24. The lowest BCUT2D eigenvalue weighted by Crippen LogP contribution is -2.35. The molecule has 1 aromatic carbocycles. The summed E-state index contributed by atoms with van der Waals surface area (Å²) in [6, 6.07) is 5.93. The van der Waals surface area contributed by atoms with Crippen LogP contribution in [-0.2, 0) is 0 Å². The lowest BCUT2D eigenvalue weighted by molar-refractivity contribution is 0.0730. The number of alkyl halides is 1. The average Bonchev–Trinajstić information content (AvgIpc) is 2.83. The number of halogens is 2. The van der Waals surface area contributed by atoms with Gasteiger partial charge in [0.25, 0.3) is 5.91 Å². The number of rotatable bonds is 4. The number of likely N-dealkylation sites (tertiary alicyclic amines) is 1. The van der Waals surface area contributed by atoms with Crippen molar-refractivity contribution in [3.05, 3.63) is 34.3 Å². The summed E-state index contributed by atoms with van der Waals surface area (Å²) < 4.78 is 0. The van der Waals surface area contributed by atoms with E-state index in [0.717, 1.165) is 37.8 Å². The number of nitrogens with zero attached hydrogens (tertiary/aromatic N) is 1. The normalized spacial score (nSPS) is 18.9. The van der Waals surface area contributed by atoms with Crippen LogP contribution in [0.1, 0.15) is 41.6 Å². The van der Waals surface area contributed by atoms with Crippen molar-refractivity contribution in [3.8, 4) is 0 Å². The minimum absolute atomic E-state index is 0.0575. The van der Waals surface area contributed by atoms with E-state index in [9.17, 15) is 4.79 Å². The Morgan fingerprint density at radius 3 is 2.95 bits per heavy atom. The maximum absolute atomic E-state index is 12.6. The van der Waals surface area contributed by atoms with Gasteiger partial charge in [-0.15, -0.1) is 11.6 Å². The summed E-state index contributed by atoms with van der Waals surface area (Å²) in [6.07, 6.45) is 4.09. The van der Waals surface area contributed by atoms with Gasteiger partial charge in [-0.05, 0) is 50.3 Å². The Hall–Kier alpha value is -0.730. The zero-order chi connectivity index (χ0) is 13.8. The molecule has 1 heterocycles. The fourth-order valence-corrected chi connectivity index (χ4v) is 3.13. The smallest absolute Gasteiger partial charge is 0.255 e. The highest BCUT2D eigenvalue weighted by molar-refractivity contribution is 6.33. The molecule has 1 amide bonds. The van der Waals surface area contributed by atoms with E-state index in [0.29, 0.717) is 22.5 Å². The summed E-state index contributed by atoms with van der Waals surface area (Å²) in [4.78, 5) is 14.5. The number of carbonyl (C=O) groups is 1. The van der Waals surface area contributed by atoms with Gasteiger partial charge < -0.3 is 4.90 Å². The Bertz CT molecular complexity index is 461. The third-order valence-electron chi connectivity index (χ3n) is 3.66. The van der Waals surface area contributed by atoms with E-state index < -0.39 is 0 Å². The van der Waals surface area contributed by atoms with E-state index in [4.69, 9.17) is 23.2 Å². The van der Waals surface area contributed by atoms with Crippen LogP contribution in [0.5, 0.6) is 0 Å². The molecule has 0 aliphatic carbocycles. The highest BCUT2D eigenvalue weighted by Gasteiger charge is 2.29. The molecule has 1 unspecified atom stereocenters. The van der Waals surface area contributed by atoms with Crippen LogP contribution in [0.15, 0.2) is 18.2 Å². The number of hydrogen-bond donors (Lipinski definition) is 0. The van der Waals surface area contributed by atoms with Gasteiger partial charge in [-0.3, -0.25) is 4.79 Å². The second-order valence-corrected chi connectivity index (χ2v) is 5.89. The van der Waals surface area contributed by atoms with Crippen molar-refractivity contribution >= 4 is 29.1 Å². The molecule has 1 aliphatic heterocycles. The first-order chi connectivity index (χ1) is 9.13. The van der Waals surface area contributed by atoms with Crippen LogP contribution in [0, 0.1) is 6.92 Å².